The molecule has 0 radical (unpaired) electrons. The lowest BCUT2D eigenvalue weighted by molar-refractivity contribution is -0.109. The van der Waals surface area contributed by atoms with Gasteiger partial charge in [-0.1, -0.05) is 0 Å². The molecule has 13 heavy (non-hydrogen) atoms. The highest BCUT2D eigenvalue weighted by atomic mass is 16.2. The molecule has 0 aliphatic carbocycles. The average molecular weight is 191 g/mol. The molecule has 0 spiro atoms. The van der Waals surface area contributed by atoms with Crippen molar-refractivity contribution in [1.82, 2.24) is 5.32 Å². The summed E-state index contributed by atoms with van der Waals surface area (Å²) in [5.41, 5.74) is 10.1. The molecule has 78 valence electrons. The molecule has 2 amide bonds. The first-order valence-corrected chi connectivity index (χ1v) is 3.85. The van der Waals surface area contributed by atoms with Crippen molar-refractivity contribution < 1.29 is 14.7 Å². The van der Waals surface area contributed by atoms with Gasteiger partial charge in [0.15, 0.2) is 0 Å². The van der Waals surface area contributed by atoms with Crippen molar-refractivity contribution in [3.63, 3.8) is 0 Å². The number of rotatable bonds is 5. The van der Waals surface area contributed by atoms with E-state index in [0.29, 0.717) is 25.7 Å². The second-order valence-corrected chi connectivity index (χ2v) is 2.23. The fraction of sp³-hybridized carbons (Fsp3) is 0.714. The molecule has 0 saturated carbocycles. The van der Waals surface area contributed by atoms with Gasteiger partial charge in [-0.2, -0.15) is 0 Å². The summed E-state index contributed by atoms with van der Waals surface area (Å²) in [6.45, 7) is 0.469. The van der Waals surface area contributed by atoms with Crippen LogP contribution in [0.15, 0.2) is 0 Å². The number of urea groups is 1. The average Bonchev–Trinajstić information content (AvgIpc) is 2.15. The first kappa shape index (κ1) is 14.4. The number of nitrogens with one attached hydrogen (secondary N) is 1. The highest BCUT2D eigenvalue weighted by Gasteiger charge is 1.98. The van der Waals surface area contributed by atoms with E-state index in [-0.39, 0.29) is 0 Å². The molecular weight excluding hydrogens is 174 g/mol. The Balaban J connectivity index is 0. The van der Waals surface area contributed by atoms with Gasteiger partial charge in [0, 0.05) is 13.7 Å². The number of carbonyl (C=O) groups excluding carboxylic acids is 2. The molecule has 6 nitrogen and oxygen atoms in total. The minimum absolute atomic E-state index is 0.426. The Kier molecular flexibility index (Phi) is 12.0. The third-order valence-corrected chi connectivity index (χ3v) is 1.19. The van der Waals surface area contributed by atoms with Crippen LogP contribution in [0.2, 0.25) is 0 Å². The Hall–Kier alpha value is -1.14. The number of aliphatic hydroxyl groups is 1. The van der Waals surface area contributed by atoms with Gasteiger partial charge in [0.1, 0.15) is 6.29 Å². The van der Waals surface area contributed by atoms with Crippen molar-refractivity contribution in [3.05, 3.63) is 0 Å². The van der Waals surface area contributed by atoms with Gasteiger partial charge in [0.2, 0.25) is 0 Å². The van der Waals surface area contributed by atoms with E-state index in [1.54, 1.807) is 0 Å². The van der Waals surface area contributed by atoms with Crippen LogP contribution in [0, 0.1) is 0 Å². The third kappa shape index (κ3) is 13.8. The number of amides is 2. The second-order valence-electron chi connectivity index (χ2n) is 2.23. The van der Waals surface area contributed by atoms with Gasteiger partial charge in [0.05, 0.1) is 6.04 Å². The van der Waals surface area contributed by atoms with E-state index in [0.717, 1.165) is 7.11 Å². The van der Waals surface area contributed by atoms with Gasteiger partial charge in [-0.15, -0.1) is 0 Å². The number of hydrogen-bond donors (Lipinski definition) is 4. The smallest absolute Gasteiger partial charge is 0.312 e. The highest BCUT2D eigenvalue weighted by molar-refractivity contribution is 5.71. The topological polar surface area (TPSA) is 118 Å². The zero-order valence-electron chi connectivity index (χ0n) is 7.69. The fourth-order valence-corrected chi connectivity index (χ4v) is 0.617. The molecule has 0 fully saturated rings. The largest absolute Gasteiger partial charge is 0.400 e. The minimum Gasteiger partial charge on any atom is -0.400 e. The summed E-state index contributed by atoms with van der Waals surface area (Å²) >= 11 is 0. The van der Waals surface area contributed by atoms with Gasteiger partial charge in [-0.25, -0.2) is 4.79 Å². The SMILES string of the molecule is CO.NC(=O)NCCCC(N)C=O. The summed E-state index contributed by atoms with van der Waals surface area (Å²) < 4.78 is 0. The predicted octanol–water partition coefficient (Wildman–Crippen LogP) is -1.43. The molecule has 1 unspecified atom stereocenters. The molecule has 6 heteroatoms. The molecular formula is C7H17N3O3. The van der Waals surface area contributed by atoms with E-state index in [1.807, 2.05) is 0 Å². The fourth-order valence-electron chi connectivity index (χ4n) is 0.617. The summed E-state index contributed by atoms with van der Waals surface area (Å²) in [6.07, 6.45) is 1.93. The Morgan fingerprint density at radius 1 is 1.62 bits per heavy atom. The Labute approximate surface area is 77.3 Å². The highest BCUT2D eigenvalue weighted by Crippen LogP contribution is 1.88. The van der Waals surface area contributed by atoms with Crippen LogP contribution in [-0.2, 0) is 4.79 Å². The minimum atomic E-state index is -0.551. The van der Waals surface area contributed by atoms with Crippen molar-refractivity contribution in [1.29, 1.82) is 0 Å². The zero-order chi connectivity index (χ0) is 10.7. The standard InChI is InChI=1S/C6H13N3O2.CH4O/c7-5(4-10)2-1-3-9-6(8)11;1-2/h4-5H,1-3,7H2,(H3,8,9,11);2H,1H3. The van der Waals surface area contributed by atoms with Crippen LogP contribution >= 0.6 is 0 Å². The lowest BCUT2D eigenvalue weighted by Gasteiger charge is -2.03. The van der Waals surface area contributed by atoms with Gasteiger partial charge in [0.25, 0.3) is 0 Å². The lowest BCUT2D eigenvalue weighted by Crippen LogP contribution is -2.31. The van der Waals surface area contributed by atoms with Crippen molar-refractivity contribution in [2.45, 2.75) is 18.9 Å². The molecule has 1 atom stereocenters. The van der Waals surface area contributed by atoms with Crippen molar-refractivity contribution in [3.8, 4) is 0 Å². The Morgan fingerprint density at radius 3 is 2.54 bits per heavy atom. The zero-order valence-corrected chi connectivity index (χ0v) is 7.69. The van der Waals surface area contributed by atoms with Gasteiger partial charge in [-0.3, -0.25) is 0 Å². The monoisotopic (exact) mass is 191 g/mol. The molecule has 0 saturated heterocycles. The molecule has 0 aromatic rings. The molecule has 0 rings (SSSR count). The molecule has 6 N–H and O–H groups in total. The van der Waals surface area contributed by atoms with Crippen LogP contribution in [0.1, 0.15) is 12.8 Å². The Bertz CT molecular complexity index is 141. The molecule has 0 aromatic carbocycles. The molecule has 0 aromatic heterocycles. The summed E-state index contributed by atoms with van der Waals surface area (Å²) in [5.74, 6) is 0. The van der Waals surface area contributed by atoms with Crippen molar-refractivity contribution >= 4 is 12.3 Å². The summed E-state index contributed by atoms with van der Waals surface area (Å²) in [5, 5.41) is 9.39. The van der Waals surface area contributed by atoms with Gasteiger partial charge < -0.3 is 26.7 Å². The van der Waals surface area contributed by atoms with E-state index in [2.05, 4.69) is 5.32 Å². The first-order valence-electron chi connectivity index (χ1n) is 3.85. The second kappa shape index (κ2) is 10.9. The predicted molar refractivity (Wildman–Crippen MR) is 49.0 cm³/mol. The van der Waals surface area contributed by atoms with Crippen LogP contribution in [0.4, 0.5) is 4.79 Å². The third-order valence-electron chi connectivity index (χ3n) is 1.19. The van der Waals surface area contributed by atoms with Gasteiger partial charge in [-0.05, 0) is 12.8 Å². The van der Waals surface area contributed by atoms with Crippen LogP contribution < -0.4 is 16.8 Å². The van der Waals surface area contributed by atoms with Gasteiger partial charge >= 0.3 is 6.03 Å². The Morgan fingerprint density at radius 2 is 2.15 bits per heavy atom. The van der Waals surface area contributed by atoms with Crippen LogP contribution in [0.5, 0.6) is 0 Å². The maximum atomic E-state index is 10.1. The van der Waals surface area contributed by atoms with E-state index in [9.17, 15) is 9.59 Å². The number of aliphatic hydroxyl groups excluding tert-OH is 1. The summed E-state index contributed by atoms with van der Waals surface area (Å²) in [4.78, 5) is 20.1. The first-order chi connectivity index (χ1) is 6.16. The quantitative estimate of drug-likeness (QED) is 0.314. The maximum absolute atomic E-state index is 10.1. The van der Waals surface area contributed by atoms with Crippen molar-refractivity contribution in [2.24, 2.45) is 11.5 Å². The van der Waals surface area contributed by atoms with Crippen LogP contribution in [-0.4, -0.2) is 37.1 Å². The van der Waals surface area contributed by atoms with E-state index in [1.165, 1.54) is 0 Å². The summed E-state index contributed by atoms with van der Waals surface area (Å²) in [7, 11) is 1.00. The van der Waals surface area contributed by atoms with E-state index >= 15 is 0 Å². The van der Waals surface area contributed by atoms with E-state index < -0.39 is 12.1 Å². The normalized spacial score (nSPS) is 10.7. The number of primary amides is 1. The number of carbonyl (C=O) groups is 2. The molecule has 0 bridgehead atoms. The lowest BCUT2D eigenvalue weighted by atomic mass is 10.2. The number of hydrogen-bond acceptors (Lipinski definition) is 4. The molecule has 0 heterocycles. The van der Waals surface area contributed by atoms with E-state index in [4.69, 9.17) is 16.6 Å². The van der Waals surface area contributed by atoms with Crippen LogP contribution in [0.3, 0.4) is 0 Å². The molecule has 0 aliphatic heterocycles. The molecule has 0 aliphatic rings. The number of nitrogens with two attached hydrogens (primary N) is 2. The number of aldehydes is 1. The summed E-state index contributed by atoms with van der Waals surface area (Å²) in [6, 6.07) is -0.977. The van der Waals surface area contributed by atoms with Crippen molar-refractivity contribution in [2.75, 3.05) is 13.7 Å². The van der Waals surface area contributed by atoms with Crippen LogP contribution in [0.25, 0.3) is 0 Å². The maximum Gasteiger partial charge on any atom is 0.312 e.